The third-order valence-corrected chi connectivity index (χ3v) is 4.39. The van der Waals surface area contributed by atoms with Gasteiger partial charge in [0, 0.05) is 25.2 Å². The van der Waals surface area contributed by atoms with Gasteiger partial charge in [-0.15, -0.1) is 0 Å². The Morgan fingerprint density at radius 1 is 0.967 bits per heavy atom. The van der Waals surface area contributed by atoms with Gasteiger partial charge in [0.25, 0.3) is 0 Å². The first-order valence-corrected chi connectivity index (χ1v) is 9.78. The summed E-state index contributed by atoms with van der Waals surface area (Å²) in [5, 5.41) is 7.76. The van der Waals surface area contributed by atoms with Crippen molar-refractivity contribution in [2.45, 2.75) is 19.9 Å². The van der Waals surface area contributed by atoms with Gasteiger partial charge in [-0.3, -0.25) is 19.8 Å². The predicted octanol–water partition coefficient (Wildman–Crippen LogP) is 2.37. The summed E-state index contributed by atoms with van der Waals surface area (Å²) in [7, 11) is 1.58. The summed E-state index contributed by atoms with van der Waals surface area (Å²) in [5.41, 5.74) is 1.62. The quantitative estimate of drug-likeness (QED) is 0.556. The van der Waals surface area contributed by atoms with E-state index in [0.29, 0.717) is 31.1 Å². The van der Waals surface area contributed by atoms with Crippen molar-refractivity contribution in [1.82, 2.24) is 15.5 Å². The zero-order valence-corrected chi connectivity index (χ0v) is 17.3. The molecule has 0 aliphatic carbocycles. The number of urea groups is 1. The summed E-state index contributed by atoms with van der Waals surface area (Å²) in [6.45, 7) is 3.36. The van der Waals surface area contributed by atoms with Gasteiger partial charge < -0.3 is 15.4 Å². The molecule has 3 N–H and O–H groups in total. The van der Waals surface area contributed by atoms with Crippen molar-refractivity contribution in [3.8, 4) is 5.75 Å². The van der Waals surface area contributed by atoms with Crippen LogP contribution in [-0.4, -0.2) is 49.5 Å². The maximum Gasteiger partial charge on any atom is 0.321 e. The SMILES string of the molecule is CCN(CCC(=O)NC(=O)NCc1ccccc1)CC(=O)Nc1ccc(OC)cc1. The van der Waals surface area contributed by atoms with Gasteiger partial charge in [0.2, 0.25) is 11.8 Å². The number of hydrogen-bond donors (Lipinski definition) is 3. The number of amides is 4. The summed E-state index contributed by atoms with van der Waals surface area (Å²) in [5.74, 6) is 0.139. The van der Waals surface area contributed by atoms with Gasteiger partial charge in [-0.25, -0.2) is 4.79 Å². The molecule has 0 aliphatic heterocycles. The van der Waals surface area contributed by atoms with Crippen molar-refractivity contribution >= 4 is 23.5 Å². The second kappa shape index (κ2) is 12.2. The largest absolute Gasteiger partial charge is 0.497 e. The van der Waals surface area contributed by atoms with Crippen molar-refractivity contribution in [3.05, 3.63) is 60.2 Å². The highest BCUT2D eigenvalue weighted by Crippen LogP contribution is 2.14. The molecule has 0 aromatic heterocycles. The smallest absolute Gasteiger partial charge is 0.321 e. The lowest BCUT2D eigenvalue weighted by Crippen LogP contribution is -2.41. The van der Waals surface area contributed by atoms with Crippen molar-refractivity contribution in [3.63, 3.8) is 0 Å². The van der Waals surface area contributed by atoms with E-state index in [0.717, 1.165) is 5.56 Å². The molecule has 0 fully saturated rings. The first kappa shape index (κ1) is 22.9. The van der Waals surface area contributed by atoms with Crippen LogP contribution in [0.4, 0.5) is 10.5 Å². The highest BCUT2D eigenvalue weighted by atomic mass is 16.5. The van der Waals surface area contributed by atoms with E-state index >= 15 is 0 Å². The molecular weight excluding hydrogens is 384 g/mol. The van der Waals surface area contributed by atoms with E-state index in [4.69, 9.17) is 4.74 Å². The maximum absolute atomic E-state index is 12.2. The Bertz CT molecular complexity index is 825. The Morgan fingerprint density at radius 2 is 1.67 bits per heavy atom. The highest BCUT2D eigenvalue weighted by Gasteiger charge is 2.13. The molecule has 0 aliphatic rings. The minimum absolute atomic E-state index is 0.114. The normalized spacial score (nSPS) is 10.4. The zero-order valence-electron chi connectivity index (χ0n) is 17.3. The molecule has 0 bridgehead atoms. The first-order valence-electron chi connectivity index (χ1n) is 9.78. The van der Waals surface area contributed by atoms with Gasteiger partial charge in [0.15, 0.2) is 0 Å². The predicted molar refractivity (Wildman–Crippen MR) is 115 cm³/mol. The number of nitrogens with one attached hydrogen (secondary N) is 3. The van der Waals surface area contributed by atoms with Gasteiger partial charge in [-0.05, 0) is 36.4 Å². The molecule has 0 spiro atoms. The third-order valence-electron chi connectivity index (χ3n) is 4.39. The zero-order chi connectivity index (χ0) is 21.8. The van der Waals surface area contributed by atoms with Gasteiger partial charge in [-0.1, -0.05) is 37.3 Å². The molecule has 2 rings (SSSR count). The fraction of sp³-hybridized carbons (Fsp3) is 0.318. The monoisotopic (exact) mass is 412 g/mol. The number of nitrogens with zero attached hydrogens (tertiary/aromatic N) is 1. The van der Waals surface area contributed by atoms with E-state index < -0.39 is 11.9 Å². The number of ether oxygens (including phenoxy) is 1. The van der Waals surface area contributed by atoms with Crippen LogP contribution in [0, 0.1) is 0 Å². The van der Waals surface area contributed by atoms with Gasteiger partial charge in [-0.2, -0.15) is 0 Å². The number of carbonyl (C=O) groups is 3. The number of hydrogen-bond acceptors (Lipinski definition) is 5. The molecule has 30 heavy (non-hydrogen) atoms. The number of rotatable bonds is 10. The van der Waals surface area contributed by atoms with Gasteiger partial charge in [0.05, 0.1) is 13.7 Å². The lowest BCUT2D eigenvalue weighted by molar-refractivity contribution is -0.121. The number of carbonyl (C=O) groups excluding carboxylic acids is 3. The summed E-state index contributed by atoms with van der Waals surface area (Å²) in [6, 6.07) is 15.9. The second-order valence-electron chi connectivity index (χ2n) is 6.61. The Hall–Kier alpha value is -3.39. The maximum atomic E-state index is 12.2. The van der Waals surface area contributed by atoms with Crippen LogP contribution in [0.25, 0.3) is 0 Å². The number of likely N-dealkylation sites (N-methyl/N-ethyl adjacent to an activating group) is 1. The number of methoxy groups -OCH3 is 1. The van der Waals surface area contributed by atoms with Crippen molar-refractivity contribution < 1.29 is 19.1 Å². The molecule has 8 heteroatoms. The Balaban J connectivity index is 1.69. The summed E-state index contributed by atoms with van der Waals surface area (Å²) in [4.78, 5) is 37.9. The standard InChI is InChI=1S/C22H28N4O4/c1-3-26(16-21(28)24-18-9-11-19(30-2)12-10-18)14-13-20(27)25-22(29)23-15-17-7-5-4-6-8-17/h4-12H,3,13-16H2,1-2H3,(H,24,28)(H2,23,25,27,29). The summed E-state index contributed by atoms with van der Waals surface area (Å²) in [6.07, 6.45) is 0.114. The average molecular weight is 412 g/mol. The molecule has 0 unspecified atom stereocenters. The van der Waals surface area contributed by atoms with Crippen LogP contribution in [0.15, 0.2) is 54.6 Å². The first-order chi connectivity index (χ1) is 14.5. The number of anilines is 1. The van der Waals surface area contributed by atoms with E-state index in [1.807, 2.05) is 42.2 Å². The fourth-order valence-corrected chi connectivity index (χ4v) is 2.70. The topological polar surface area (TPSA) is 99.8 Å². The molecule has 2 aromatic rings. The minimum Gasteiger partial charge on any atom is -0.497 e. The van der Waals surface area contributed by atoms with E-state index in [9.17, 15) is 14.4 Å². The molecular formula is C22H28N4O4. The van der Waals surface area contributed by atoms with E-state index in [1.165, 1.54) is 0 Å². The fourth-order valence-electron chi connectivity index (χ4n) is 2.70. The molecule has 4 amide bonds. The average Bonchev–Trinajstić information content (AvgIpc) is 2.76. The molecule has 0 atom stereocenters. The molecule has 0 saturated carbocycles. The van der Waals surface area contributed by atoms with Crippen LogP contribution in [0.2, 0.25) is 0 Å². The lowest BCUT2D eigenvalue weighted by Gasteiger charge is -2.19. The Labute approximate surface area is 176 Å². The van der Waals surface area contributed by atoms with E-state index in [-0.39, 0.29) is 18.9 Å². The summed E-state index contributed by atoms with van der Waals surface area (Å²) >= 11 is 0. The highest BCUT2D eigenvalue weighted by molar-refractivity contribution is 5.94. The summed E-state index contributed by atoms with van der Waals surface area (Å²) < 4.78 is 5.09. The Kier molecular flexibility index (Phi) is 9.33. The van der Waals surface area contributed by atoms with Crippen LogP contribution in [0.3, 0.4) is 0 Å². The van der Waals surface area contributed by atoms with Crippen LogP contribution in [0.1, 0.15) is 18.9 Å². The number of imide groups is 1. The Morgan fingerprint density at radius 3 is 2.30 bits per heavy atom. The molecule has 0 radical (unpaired) electrons. The van der Waals surface area contributed by atoms with Gasteiger partial charge in [0.1, 0.15) is 5.75 Å². The van der Waals surface area contributed by atoms with Crippen LogP contribution >= 0.6 is 0 Å². The molecule has 0 heterocycles. The third kappa shape index (κ3) is 8.32. The molecule has 160 valence electrons. The molecule has 0 saturated heterocycles. The lowest BCUT2D eigenvalue weighted by atomic mass is 10.2. The minimum atomic E-state index is -0.538. The second-order valence-corrected chi connectivity index (χ2v) is 6.61. The van der Waals surface area contributed by atoms with Crippen molar-refractivity contribution in [2.75, 3.05) is 32.1 Å². The molecule has 8 nitrogen and oxygen atoms in total. The van der Waals surface area contributed by atoms with Crippen LogP contribution in [-0.2, 0) is 16.1 Å². The van der Waals surface area contributed by atoms with Crippen LogP contribution in [0.5, 0.6) is 5.75 Å². The van der Waals surface area contributed by atoms with Crippen molar-refractivity contribution in [1.29, 1.82) is 0 Å². The van der Waals surface area contributed by atoms with Gasteiger partial charge >= 0.3 is 6.03 Å². The van der Waals surface area contributed by atoms with Crippen molar-refractivity contribution in [2.24, 2.45) is 0 Å². The van der Waals surface area contributed by atoms with E-state index in [2.05, 4.69) is 16.0 Å². The number of benzene rings is 2. The van der Waals surface area contributed by atoms with Crippen LogP contribution < -0.4 is 20.7 Å². The molecule has 2 aromatic carbocycles. The van der Waals surface area contributed by atoms with E-state index in [1.54, 1.807) is 31.4 Å².